The molecule has 0 fully saturated rings. The standard InChI is InChI=1S/C24H23FN2O5S/c1-16-8-13-20(25)14-21(16)33(30,31)27(22(23(26)28)18-6-4-3-5-7-18)15-17-9-11-19(12-10-17)24(29)32-2/h3-14,22H,15H2,1-2H3,(H2,26,28)/t22-/m1/s1. The molecule has 1 amide bonds. The molecule has 0 aromatic heterocycles. The molecule has 0 aliphatic carbocycles. The normalized spacial score (nSPS) is 12.4. The number of hydrogen-bond donors (Lipinski definition) is 1. The molecule has 0 saturated heterocycles. The molecule has 9 heteroatoms. The molecule has 0 aliphatic heterocycles. The van der Waals surface area contributed by atoms with Gasteiger partial charge in [-0.15, -0.1) is 0 Å². The number of carbonyl (C=O) groups excluding carboxylic acids is 2. The van der Waals surface area contributed by atoms with E-state index in [1.165, 1.54) is 32.2 Å². The molecule has 3 aromatic rings. The van der Waals surface area contributed by atoms with Crippen molar-refractivity contribution in [2.75, 3.05) is 7.11 Å². The lowest BCUT2D eigenvalue weighted by molar-refractivity contribution is -0.122. The number of amides is 1. The van der Waals surface area contributed by atoms with Gasteiger partial charge in [-0.3, -0.25) is 4.79 Å². The first-order valence-electron chi connectivity index (χ1n) is 9.94. The van der Waals surface area contributed by atoms with Crippen molar-refractivity contribution in [1.29, 1.82) is 0 Å². The van der Waals surface area contributed by atoms with Crippen molar-refractivity contribution in [3.05, 3.63) is 101 Å². The monoisotopic (exact) mass is 470 g/mol. The zero-order valence-electron chi connectivity index (χ0n) is 18.1. The van der Waals surface area contributed by atoms with E-state index in [-0.39, 0.29) is 17.0 Å². The van der Waals surface area contributed by atoms with Gasteiger partial charge in [0.05, 0.1) is 17.6 Å². The summed E-state index contributed by atoms with van der Waals surface area (Å²) in [5.74, 6) is -2.15. The van der Waals surface area contributed by atoms with Crippen LogP contribution >= 0.6 is 0 Å². The van der Waals surface area contributed by atoms with Gasteiger partial charge in [0, 0.05) is 6.54 Å². The highest BCUT2D eigenvalue weighted by molar-refractivity contribution is 7.89. The molecule has 2 N–H and O–H groups in total. The number of rotatable bonds is 8. The Hall–Kier alpha value is -3.56. The highest BCUT2D eigenvalue weighted by Gasteiger charge is 2.37. The van der Waals surface area contributed by atoms with E-state index in [1.54, 1.807) is 42.5 Å². The lowest BCUT2D eigenvalue weighted by Crippen LogP contribution is -2.41. The van der Waals surface area contributed by atoms with Gasteiger partial charge in [0.1, 0.15) is 11.9 Å². The minimum absolute atomic E-state index is 0.248. The van der Waals surface area contributed by atoms with Crippen LogP contribution in [0.2, 0.25) is 0 Å². The Morgan fingerprint density at radius 2 is 1.67 bits per heavy atom. The third-order valence-corrected chi connectivity index (χ3v) is 7.08. The van der Waals surface area contributed by atoms with E-state index in [0.717, 1.165) is 16.4 Å². The second kappa shape index (κ2) is 9.93. The molecule has 0 spiro atoms. The zero-order valence-corrected chi connectivity index (χ0v) is 18.9. The average molecular weight is 471 g/mol. The number of aryl methyl sites for hydroxylation is 1. The molecule has 7 nitrogen and oxygen atoms in total. The van der Waals surface area contributed by atoms with Gasteiger partial charge in [-0.05, 0) is 47.9 Å². The number of hydrogen-bond acceptors (Lipinski definition) is 5. The molecule has 33 heavy (non-hydrogen) atoms. The van der Waals surface area contributed by atoms with Crippen molar-refractivity contribution in [2.24, 2.45) is 5.73 Å². The van der Waals surface area contributed by atoms with Crippen molar-refractivity contribution in [2.45, 2.75) is 24.4 Å². The van der Waals surface area contributed by atoms with Crippen LogP contribution in [-0.4, -0.2) is 31.7 Å². The van der Waals surface area contributed by atoms with E-state index in [4.69, 9.17) is 5.73 Å². The summed E-state index contributed by atoms with van der Waals surface area (Å²) in [4.78, 5) is 24.0. The Morgan fingerprint density at radius 1 is 1.03 bits per heavy atom. The first-order chi connectivity index (χ1) is 15.6. The summed E-state index contributed by atoms with van der Waals surface area (Å²) in [6.45, 7) is 1.29. The number of halogens is 1. The van der Waals surface area contributed by atoms with Crippen molar-refractivity contribution in [1.82, 2.24) is 4.31 Å². The Morgan fingerprint density at radius 3 is 2.24 bits per heavy atom. The second-order valence-electron chi connectivity index (χ2n) is 7.36. The van der Waals surface area contributed by atoms with Crippen LogP contribution in [0.5, 0.6) is 0 Å². The molecular weight excluding hydrogens is 447 g/mol. The topological polar surface area (TPSA) is 107 Å². The fourth-order valence-corrected chi connectivity index (χ4v) is 5.26. The van der Waals surface area contributed by atoms with Gasteiger partial charge in [-0.1, -0.05) is 48.5 Å². The maximum atomic E-state index is 14.0. The number of ether oxygens (including phenoxy) is 1. The Labute approximate surface area is 191 Å². The lowest BCUT2D eigenvalue weighted by atomic mass is 10.1. The predicted octanol–water partition coefficient (Wildman–Crippen LogP) is 3.34. The number of nitrogens with zero attached hydrogens (tertiary/aromatic N) is 1. The molecule has 0 heterocycles. The maximum absolute atomic E-state index is 14.0. The summed E-state index contributed by atoms with van der Waals surface area (Å²) in [7, 11) is -3.12. The summed E-state index contributed by atoms with van der Waals surface area (Å²) in [6.07, 6.45) is 0. The summed E-state index contributed by atoms with van der Waals surface area (Å²) < 4.78 is 47.1. The second-order valence-corrected chi connectivity index (χ2v) is 9.22. The van der Waals surface area contributed by atoms with Gasteiger partial charge in [0.25, 0.3) is 0 Å². The first-order valence-corrected chi connectivity index (χ1v) is 11.4. The van der Waals surface area contributed by atoms with Crippen LogP contribution in [0, 0.1) is 12.7 Å². The highest BCUT2D eigenvalue weighted by Crippen LogP contribution is 2.31. The van der Waals surface area contributed by atoms with Crippen molar-refractivity contribution >= 4 is 21.9 Å². The van der Waals surface area contributed by atoms with Gasteiger partial charge in [-0.2, -0.15) is 4.31 Å². The number of benzene rings is 3. The summed E-state index contributed by atoms with van der Waals surface area (Å²) in [6, 6.07) is 16.4. The van der Waals surface area contributed by atoms with Crippen LogP contribution in [-0.2, 0) is 26.1 Å². The molecule has 3 aromatic carbocycles. The quantitative estimate of drug-likeness (QED) is 0.508. The average Bonchev–Trinajstić information content (AvgIpc) is 2.80. The smallest absolute Gasteiger partial charge is 0.337 e. The summed E-state index contributed by atoms with van der Waals surface area (Å²) in [5, 5.41) is 0. The van der Waals surface area contributed by atoms with Gasteiger partial charge in [0.15, 0.2) is 0 Å². The molecular formula is C24H23FN2O5S. The van der Waals surface area contributed by atoms with E-state index in [1.807, 2.05) is 0 Å². The zero-order chi connectivity index (χ0) is 24.2. The van der Waals surface area contributed by atoms with Gasteiger partial charge in [0.2, 0.25) is 15.9 Å². The molecule has 1 atom stereocenters. The van der Waals surface area contributed by atoms with Crippen LogP contribution in [0.1, 0.15) is 33.1 Å². The van der Waals surface area contributed by atoms with Crippen LogP contribution in [0.25, 0.3) is 0 Å². The fourth-order valence-electron chi connectivity index (χ4n) is 3.45. The van der Waals surface area contributed by atoms with Gasteiger partial charge in [-0.25, -0.2) is 17.6 Å². The summed E-state index contributed by atoms with van der Waals surface area (Å²) in [5.41, 5.74) is 7.13. The SMILES string of the molecule is COC(=O)c1ccc(CN([C@@H](C(N)=O)c2ccccc2)S(=O)(=O)c2cc(F)ccc2C)cc1. The molecule has 0 saturated carbocycles. The largest absolute Gasteiger partial charge is 0.465 e. The van der Waals surface area contributed by atoms with E-state index in [0.29, 0.717) is 16.7 Å². The van der Waals surface area contributed by atoms with E-state index in [2.05, 4.69) is 4.74 Å². The Bertz CT molecular complexity index is 1260. The van der Waals surface area contributed by atoms with Crippen LogP contribution in [0.15, 0.2) is 77.7 Å². The predicted molar refractivity (Wildman–Crippen MR) is 120 cm³/mol. The Kier molecular flexibility index (Phi) is 7.25. The fraction of sp³-hybridized carbons (Fsp3) is 0.167. The number of nitrogens with two attached hydrogens (primary N) is 1. The lowest BCUT2D eigenvalue weighted by Gasteiger charge is -2.30. The number of primary amides is 1. The maximum Gasteiger partial charge on any atom is 0.337 e. The molecule has 0 unspecified atom stereocenters. The number of sulfonamides is 1. The first kappa shape index (κ1) is 24.1. The number of methoxy groups -OCH3 is 1. The Balaban J connectivity index is 2.14. The van der Waals surface area contributed by atoms with Crippen LogP contribution < -0.4 is 5.73 Å². The highest BCUT2D eigenvalue weighted by atomic mass is 32.2. The molecule has 0 bridgehead atoms. The molecule has 0 aliphatic rings. The van der Waals surface area contributed by atoms with Crippen molar-refractivity contribution < 1.29 is 27.1 Å². The van der Waals surface area contributed by atoms with E-state index in [9.17, 15) is 22.4 Å². The third kappa shape index (κ3) is 5.27. The van der Waals surface area contributed by atoms with Crippen LogP contribution in [0.4, 0.5) is 4.39 Å². The van der Waals surface area contributed by atoms with E-state index >= 15 is 0 Å². The van der Waals surface area contributed by atoms with Crippen molar-refractivity contribution in [3.8, 4) is 0 Å². The molecule has 3 rings (SSSR count). The van der Waals surface area contributed by atoms with Gasteiger partial charge < -0.3 is 10.5 Å². The van der Waals surface area contributed by atoms with Crippen LogP contribution in [0.3, 0.4) is 0 Å². The summed E-state index contributed by atoms with van der Waals surface area (Å²) >= 11 is 0. The van der Waals surface area contributed by atoms with E-state index < -0.39 is 33.8 Å². The van der Waals surface area contributed by atoms with Gasteiger partial charge >= 0.3 is 5.97 Å². The molecule has 0 radical (unpaired) electrons. The minimum atomic E-state index is -4.38. The number of esters is 1. The number of carbonyl (C=O) groups is 2. The van der Waals surface area contributed by atoms with Crippen molar-refractivity contribution in [3.63, 3.8) is 0 Å². The molecule has 172 valence electrons. The minimum Gasteiger partial charge on any atom is -0.465 e. The third-order valence-electron chi connectivity index (χ3n) is 5.12.